The maximum Gasteiger partial charge on any atom is 0.255 e. The number of rotatable bonds is 4. The summed E-state index contributed by atoms with van der Waals surface area (Å²) in [5.74, 6) is 0.138. The zero-order valence-electron chi connectivity index (χ0n) is 19.8. The molecule has 9 heteroatoms. The smallest absolute Gasteiger partial charge is 0.255 e. The Morgan fingerprint density at radius 2 is 1.91 bits per heavy atom. The van der Waals surface area contributed by atoms with Crippen molar-refractivity contribution in [3.05, 3.63) is 53.6 Å². The highest BCUT2D eigenvalue weighted by Gasteiger charge is 2.22. The van der Waals surface area contributed by atoms with Crippen molar-refractivity contribution in [2.75, 3.05) is 45.8 Å². The van der Waals surface area contributed by atoms with E-state index in [2.05, 4.69) is 16.0 Å². The fraction of sp³-hybridized carbons (Fsp3) is 0.400. The highest BCUT2D eigenvalue weighted by atomic mass is 16.5. The molecule has 2 aromatic carbocycles. The van der Waals surface area contributed by atoms with Gasteiger partial charge < -0.3 is 30.3 Å². The van der Waals surface area contributed by atoms with Crippen molar-refractivity contribution in [3.8, 4) is 11.5 Å². The molecule has 9 nitrogen and oxygen atoms in total. The highest BCUT2D eigenvalue weighted by molar-refractivity contribution is 5.98. The number of nitrogens with one attached hydrogen (secondary N) is 3. The maximum absolute atomic E-state index is 12.8. The van der Waals surface area contributed by atoms with Crippen LogP contribution in [0.1, 0.15) is 40.0 Å². The van der Waals surface area contributed by atoms with Gasteiger partial charge in [-0.1, -0.05) is 6.07 Å². The second-order valence-corrected chi connectivity index (χ2v) is 8.22. The summed E-state index contributed by atoms with van der Waals surface area (Å²) in [5, 5.41) is 8.57. The topological polar surface area (TPSA) is 109 Å². The summed E-state index contributed by atoms with van der Waals surface area (Å²) in [7, 11) is 5.34. The van der Waals surface area contributed by atoms with E-state index in [0.717, 1.165) is 5.69 Å². The minimum Gasteiger partial charge on any atom is -0.497 e. The van der Waals surface area contributed by atoms with Crippen molar-refractivity contribution < 1.29 is 23.9 Å². The van der Waals surface area contributed by atoms with Gasteiger partial charge in [0.2, 0.25) is 5.91 Å². The Hall–Kier alpha value is -3.75. The SMILES string of the molecule is COc1ccc2c(c1)OCCNC(=O)[C@@H](NC(=O)c1cccc(N(C)C)c1)CCCCNC2=O. The minimum absolute atomic E-state index is 0.157. The van der Waals surface area contributed by atoms with Crippen LogP contribution in [0.3, 0.4) is 0 Å². The van der Waals surface area contributed by atoms with E-state index in [0.29, 0.717) is 48.4 Å². The highest BCUT2D eigenvalue weighted by Crippen LogP contribution is 2.25. The summed E-state index contributed by atoms with van der Waals surface area (Å²) in [6, 6.07) is 11.5. The molecule has 0 fully saturated rings. The maximum atomic E-state index is 12.8. The van der Waals surface area contributed by atoms with Crippen molar-refractivity contribution in [1.82, 2.24) is 16.0 Å². The fourth-order valence-electron chi connectivity index (χ4n) is 3.60. The van der Waals surface area contributed by atoms with Crippen molar-refractivity contribution >= 4 is 23.4 Å². The zero-order chi connectivity index (χ0) is 24.5. The van der Waals surface area contributed by atoms with Gasteiger partial charge in [0, 0.05) is 38.0 Å². The van der Waals surface area contributed by atoms with Crippen molar-refractivity contribution in [2.24, 2.45) is 0 Å². The predicted molar refractivity (Wildman–Crippen MR) is 130 cm³/mol. The molecule has 0 unspecified atom stereocenters. The minimum atomic E-state index is -0.693. The van der Waals surface area contributed by atoms with Crippen LogP contribution in [0, 0.1) is 0 Å². The van der Waals surface area contributed by atoms with Gasteiger partial charge in [-0.25, -0.2) is 0 Å². The van der Waals surface area contributed by atoms with Gasteiger partial charge in [-0.3, -0.25) is 14.4 Å². The van der Waals surface area contributed by atoms with Crippen LogP contribution in [0.25, 0.3) is 0 Å². The van der Waals surface area contributed by atoms with Gasteiger partial charge >= 0.3 is 0 Å². The monoisotopic (exact) mass is 468 g/mol. The number of ether oxygens (including phenoxy) is 2. The first kappa shape index (κ1) is 24.9. The van der Waals surface area contributed by atoms with Crippen LogP contribution in [0.5, 0.6) is 11.5 Å². The Labute approximate surface area is 199 Å². The second-order valence-electron chi connectivity index (χ2n) is 8.22. The second kappa shape index (κ2) is 11.9. The lowest BCUT2D eigenvalue weighted by Crippen LogP contribution is -2.47. The van der Waals surface area contributed by atoms with Gasteiger partial charge in [0.1, 0.15) is 24.1 Å². The molecule has 0 aromatic heterocycles. The summed E-state index contributed by atoms with van der Waals surface area (Å²) in [6.45, 7) is 0.821. The molecule has 1 aliphatic rings. The summed E-state index contributed by atoms with van der Waals surface area (Å²) in [5.41, 5.74) is 1.79. The predicted octanol–water partition coefficient (Wildman–Crippen LogP) is 1.97. The molecule has 0 spiro atoms. The Bertz CT molecular complexity index is 1020. The van der Waals surface area contributed by atoms with Crippen LogP contribution in [-0.2, 0) is 4.79 Å². The molecule has 2 aromatic rings. The van der Waals surface area contributed by atoms with E-state index in [1.165, 1.54) is 7.11 Å². The molecule has 3 rings (SSSR count). The molecule has 0 saturated heterocycles. The van der Waals surface area contributed by atoms with E-state index in [-0.39, 0.29) is 30.9 Å². The molecule has 1 heterocycles. The summed E-state index contributed by atoms with van der Waals surface area (Å²) < 4.78 is 11.0. The van der Waals surface area contributed by atoms with Crippen molar-refractivity contribution in [1.29, 1.82) is 0 Å². The van der Waals surface area contributed by atoms with E-state index in [1.807, 2.05) is 31.1 Å². The van der Waals surface area contributed by atoms with Crippen LogP contribution < -0.4 is 30.3 Å². The van der Waals surface area contributed by atoms with Gasteiger partial charge in [-0.05, 0) is 49.6 Å². The average Bonchev–Trinajstić information content (AvgIpc) is 2.84. The van der Waals surface area contributed by atoms with Crippen LogP contribution >= 0.6 is 0 Å². The molecule has 3 amide bonds. The lowest BCUT2D eigenvalue weighted by molar-refractivity contribution is -0.123. The number of fused-ring (bicyclic) bond motifs is 1. The summed E-state index contributed by atoms with van der Waals surface area (Å²) >= 11 is 0. The number of nitrogens with zero attached hydrogens (tertiary/aromatic N) is 1. The fourth-order valence-corrected chi connectivity index (χ4v) is 3.60. The Balaban J connectivity index is 1.69. The third-order valence-corrected chi connectivity index (χ3v) is 5.54. The first-order chi connectivity index (χ1) is 16.4. The summed E-state index contributed by atoms with van der Waals surface area (Å²) in [4.78, 5) is 40.2. The molecule has 182 valence electrons. The Morgan fingerprint density at radius 1 is 1.09 bits per heavy atom. The quantitative estimate of drug-likeness (QED) is 0.633. The molecule has 1 aliphatic heterocycles. The van der Waals surface area contributed by atoms with E-state index < -0.39 is 6.04 Å². The Kier molecular flexibility index (Phi) is 8.73. The molecule has 0 aliphatic carbocycles. The van der Waals surface area contributed by atoms with E-state index in [9.17, 15) is 14.4 Å². The molecule has 3 N–H and O–H groups in total. The van der Waals surface area contributed by atoms with Crippen molar-refractivity contribution in [2.45, 2.75) is 25.3 Å². The first-order valence-electron chi connectivity index (χ1n) is 11.3. The number of hydrogen-bond donors (Lipinski definition) is 3. The van der Waals surface area contributed by atoms with Gasteiger partial charge in [0.15, 0.2) is 0 Å². The zero-order valence-corrected chi connectivity index (χ0v) is 19.8. The van der Waals surface area contributed by atoms with Gasteiger partial charge in [-0.15, -0.1) is 0 Å². The summed E-state index contributed by atoms with van der Waals surface area (Å²) in [6.07, 6.45) is 1.77. The molecule has 0 saturated carbocycles. The van der Waals surface area contributed by atoms with Crippen LogP contribution in [0.4, 0.5) is 5.69 Å². The third-order valence-electron chi connectivity index (χ3n) is 5.54. The largest absolute Gasteiger partial charge is 0.497 e. The molecule has 1 atom stereocenters. The lowest BCUT2D eigenvalue weighted by Gasteiger charge is -2.20. The van der Waals surface area contributed by atoms with E-state index >= 15 is 0 Å². The van der Waals surface area contributed by atoms with Crippen LogP contribution in [0.2, 0.25) is 0 Å². The number of hydrogen-bond acceptors (Lipinski definition) is 6. The normalized spacial score (nSPS) is 17.2. The van der Waals surface area contributed by atoms with Gasteiger partial charge in [0.25, 0.3) is 11.8 Å². The average molecular weight is 469 g/mol. The Morgan fingerprint density at radius 3 is 2.68 bits per heavy atom. The van der Waals surface area contributed by atoms with Crippen molar-refractivity contribution in [3.63, 3.8) is 0 Å². The molecule has 34 heavy (non-hydrogen) atoms. The third kappa shape index (κ3) is 6.63. The van der Waals surface area contributed by atoms with Crippen LogP contribution in [-0.4, -0.2) is 64.7 Å². The number of methoxy groups -OCH3 is 1. The number of carbonyl (C=O) groups is 3. The standard InChI is InChI=1S/C25H32N4O5/c1-29(2)18-8-6-7-17(15-18)23(30)28-21-9-4-5-12-26-24(31)20-11-10-19(33-3)16-22(20)34-14-13-27-25(21)32/h6-8,10-11,15-16,21H,4-5,9,12-14H2,1-3H3,(H,26,31)(H,27,32)(H,28,30)/t21-/m0/s1. The molecule has 0 bridgehead atoms. The molecule has 0 radical (unpaired) electrons. The number of carbonyl (C=O) groups excluding carboxylic acids is 3. The van der Waals surface area contributed by atoms with E-state index in [4.69, 9.17) is 9.47 Å². The van der Waals surface area contributed by atoms with Crippen LogP contribution in [0.15, 0.2) is 42.5 Å². The molecular formula is C25H32N4O5. The number of anilines is 1. The van der Waals surface area contributed by atoms with Gasteiger partial charge in [0.05, 0.1) is 19.2 Å². The lowest BCUT2D eigenvalue weighted by atomic mass is 10.1. The number of benzene rings is 2. The van der Waals surface area contributed by atoms with E-state index in [1.54, 1.807) is 30.3 Å². The molecular weight excluding hydrogens is 436 g/mol. The number of amides is 3. The van der Waals surface area contributed by atoms with Gasteiger partial charge in [-0.2, -0.15) is 0 Å². The first-order valence-corrected chi connectivity index (χ1v) is 11.3.